The normalized spacial score (nSPS) is 12.9. The molecule has 4 heteroatoms. The van der Waals surface area contributed by atoms with Crippen molar-refractivity contribution in [2.24, 2.45) is 5.73 Å². The maximum absolute atomic E-state index is 11.2. The van der Waals surface area contributed by atoms with Crippen molar-refractivity contribution < 1.29 is 9.53 Å². The van der Waals surface area contributed by atoms with E-state index in [1.54, 1.807) is 6.92 Å². The van der Waals surface area contributed by atoms with E-state index in [0.717, 1.165) is 19.4 Å². The van der Waals surface area contributed by atoms with Gasteiger partial charge in [0.15, 0.2) is 0 Å². The van der Waals surface area contributed by atoms with Crippen LogP contribution in [0.4, 0.5) is 0 Å². The van der Waals surface area contributed by atoms with Gasteiger partial charge in [-0.25, -0.2) is 0 Å². The number of rotatable bonds is 7. The molecule has 0 aliphatic heterocycles. The van der Waals surface area contributed by atoms with Crippen LogP contribution in [0.2, 0.25) is 0 Å². The molecule has 0 radical (unpaired) electrons. The summed E-state index contributed by atoms with van der Waals surface area (Å²) in [6.07, 6.45) is 2.28. The first kappa shape index (κ1) is 13.4. The fourth-order valence-electron chi connectivity index (χ4n) is 1.18. The van der Waals surface area contributed by atoms with Crippen molar-refractivity contribution in [1.82, 2.24) is 4.90 Å². The quantitative estimate of drug-likeness (QED) is 0.614. The number of likely N-dealkylation sites (N-methyl/N-ethyl adjacent to an activating group) is 1. The van der Waals surface area contributed by atoms with Crippen molar-refractivity contribution in [2.45, 2.75) is 32.7 Å². The molecule has 0 saturated heterocycles. The van der Waals surface area contributed by atoms with E-state index in [4.69, 9.17) is 10.5 Å². The summed E-state index contributed by atoms with van der Waals surface area (Å²) in [6.45, 7) is 5.86. The minimum absolute atomic E-state index is 0.309. The number of carbonyl (C=O) groups is 1. The molecule has 0 bridgehead atoms. The second kappa shape index (κ2) is 7.76. The van der Waals surface area contributed by atoms with E-state index < -0.39 is 6.04 Å². The Bertz CT molecular complexity index is 162. The van der Waals surface area contributed by atoms with E-state index in [1.807, 2.05) is 7.05 Å². The second-order valence-corrected chi connectivity index (χ2v) is 3.47. The molecule has 0 spiro atoms. The number of hydrogen-bond donors (Lipinski definition) is 1. The Morgan fingerprint density at radius 1 is 1.50 bits per heavy atom. The van der Waals surface area contributed by atoms with Crippen LogP contribution in [0.5, 0.6) is 0 Å². The van der Waals surface area contributed by atoms with Crippen LogP contribution in [0, 0.1) is 0 Å². The van der Waals surface area contributed by atoms with E-state index in [1.165, 1.54) is 0 Å². The molecular formula is C10H22N2O2. The molecule has 14 heavy (non-hydrogen) atoms. The molecule has 0 fully saturated rings. The summed E-state index contributed by atoms with van der Waals surface area (Å²) in [5.74, 6) is -0.309. The Morgan fingerprint density at radius 3 is 2.64 bits per heavy atom. The van der Waals surface area contributed by atoms with E-state index in [0.29, 0.717) is 13.2 Å². The van der Waals surface area contributed by atoms with Crippen LogP contribution >= 0.6 is 0 Å². The Kier molecular flexibility index (Phi) is 7.42. The summed E-state index contributed by atoms with van der Waals surface area (Å²) in [5, 5.41) is 0. The molecule has 4 nitrogen and oxygen atoms in total. The average molecular weight is 202 g/mol. The first-order chi connectivity index (χ1) is 6.61. The molecule has 0 heterocycles. The average Bonchev–Trinajstić information content (AvgIpc) is 2.15. The fourth-order valence-corrected chi connectivity index (χ4v) is 1.18. The highest BCUT2D eigenvalue weighted by Crippen LogP contribution is 1.94. The summed E-state index contributed by atoms with van der Waals surface area (Å²) in [5.41, 5.74) is 5.66. The van der Waals surface area contributed by atoms with Gasteiger partial charge in [-0.05, 0) is 26.9 Å². The summed E-state index contributed by atoms with van der Waals surface area (Å²) >= 11 is 0. The zero-order chi connectivity index (χ0) is 11.0. The lowest BCUT2D eigenvalue weighted by Gasteiger charge is -2.19. The van der Waals surface area contributed by atoms with E-state index >= 15 is 0 Å². The lowest BCUT2D eigenvalue weighted by molar-refractivity contribution is -0.145. The number of unbranched alkanes of at least 4 members (excludes halogenated alkanes) is 1. The fraction of sp³-hybridized carbons (Fsp3) is 0.900. The number of esters is 1. The molecule has 84 valence electrons. The van der Waals surface area contributed by atoms with Crippen molar-refractivity contribution >= 4 is 5.97 Å². The molecule has 2 N–H and O–H groups in total. The zero-order valence-electron chi connectivity index (χ0n) is 9.45. The van der Waals surface area contributed by atoms with Crippen LogP contribution in [-0.2, 0) is 9.53 Å². The van der Waals surface area contributed by atoms with Gasteiger partial charge < -0.3 is 15.4 Å². The monoisotopic (exact) mass is 202 g/mol. The van der Waals surface area contributed by atoms with Crippen LogP contribution in [0.25, 0.3) is 0 Å². The van der Waals surface area contributed by atoms with Gasteiger partial charge in [-0.3, -0.25) is 4.79 Å². The molecule has 1 atom stereocenters. The predicted molar refractivity (Wildman–Crippen MR) is 57.0 cm³/mol. The molecule has 0 amide bonds. The third-order valence-corrected chi connectivity index (χ3v) is 1.99. The third kappa shape index (κ3) is 5.94. The van der Waals surface area contributed by atoms with Gasteiger partial charge in [-0.15, -0.1) is 0 Å². The minimum atomic E-state index is -0.517. The van der Waals surface area contributed by atoms with Gasteiger partial charge >= 0.3 is 5.97 Å². The van der Waals surface area contributed by atoms with Crippen molar-refractivity contribution in [3.8, 4) is 0 Å². The van der Waals surface area contributed by atoms with E-state index in [9.17, 15) is 4.79 Å². The van der Waals surface area contributed by atoms with Crippen LogP contribution in [0.15, 0.2) is 0 Å². The highest BCUT2D eigenvalue weighted by Gasteiger charge is 2.15. The molecule has 0 rings (SSSR count). The first-order valence-corrected chi connectivity index (χ1v) is 5.22. The molecule has 0 aromatic rings. The highest BCUT2D eigenvalue weighted by atomic mass is 16.5. The SMILES string of the molecule is CCCCN(C)CC(N)C(=O)OCC. The topological polar surface area (TPSA) is 55.6 Å². The zero-order valence-corrected chi connectivity index (χ0v) is 9.45. The molecule has 1 unspecified atom stereocenters. The number of hydrogen-bond acceptors (Lipinski definition) is 4. The van der Waals surface area contributed by atoms with Gasteiger partial charge in [0.25, 0.3) is 0 Å². The summed E-state index contributed by atoms with van der Waals surface area (Å²) in [4.78, 5) is 13.2. The highest BCUT2D eigenvalue weighted by molar-refractivity contribution is 5.75. The number of nitrogens with zero attached hydrogens (tertiary/aromatic N) is 1. The predicted octanol–water partition coefficient (Wildman–Crippen LogP) is 0.609. The number of carbonyl (C=O) groups excluding carboxylic acids is 1. The maximum atomic E-state index is 11.2. The molecule has 0 aromatic heterocycles. The van der Waals surface area contributed by atoms with Crippen molar-refractivity contribution in [3.63, 3.8) is 0 Å². The smallest absolute Gasteiger partial charge is 0.324 e. The van der Waals surface area contributed by atoms with E-state index in [-0.39, 0.29) is 5.97 Å². The molecule has 0 saturated carbocycles. The standard InChI is InChI=1S/C10H22N2O2/c1-4-6-7-12(3)8-9(11)10(13)14-5-2/h9H,4-8,11H2,1-3H3. The van der Waals surface area contributed by atoms with Crippen LogP contribution in [0.1, 0.15) is 26.7 Å². The van der Waals surface area contributed by atoms with Gasteiger partial charge in [-0.1, -0.05) is 13.3 Å². The first-order valence-electron chi connectivity index (χ1n) is 5.22. The van der Waals surface area contributed by atoms with Crippen molar-refractivity contribution in [2.75, 3.05) is 26.7 Å². The lowest BCUT2D eigenvalue weighted by atomic mass is 10.2. The third-order valence-electron chi connectivity index (χ3n) is 1.99. The van der Waals surface area contributed by atoms with E-state index in [2.05, 4.69) is 11.8 Å². The van der Waals surface area contributed by atoms with Gasteiger partial charge in [-0.2, -0.15) is 0 Å². The second-order valence-electron chi connectivity index (χ2n) is 3.47. The molecular weight excluding hydrogens is 180 g/mol. The summed E-state index contributed by atoms with van der Waals surface area (Å²) in [7, 11) is 1.97. The van der Waals surface area contributed by atoms with Crippen molar-refractivity contribution in [1.29, 1.82) is 0 Å². The van der Waals surface area contributed by atoms with Crippen LogP contribution in [0.3, 0.4) is 0 Å². The maximum Gasteiger partial charge on any atom is 0.324 e. The Labute approximate surface area is 86.4 Å². The largest absolute Gasteiger partial charge is 0.465 e. The lowest BCUT2D eigenvalue weighted by Crippen LogP contribution is -2.42. The summed E-state index contributed by atoms with van der Waals surface area (Å²) < 4.78 is 4.82. The summed E-state index contributed by atoms with van der Waals surface area (Å²) in [6, 6.07) is -0.517. The number of ether oxygens (including phenoxy) is 1. The molecule has 0 aromatic carbocycles. The Balaban J connectivity index is 3.68. The molecule has 0 aliphatic rings. The van der Waals surface area contributed by atoms with Crippen LogP contribution in [-0.4, -0.2) is 43.7 Å². The number of nitrogens with two attached hydrogens (primary N) is 1. The minimum Gasteiger partial charge on any atom is -0.465 e. The van der Waals surface area contributed by atoms with Gasteiger partial charge in [0, 0.05) is 6.54 Å². The van der Waals surface area contributed by atoms with Crippen molar-refractivity contribution in [3.05, 3.63) is 0 Å². The Morgan fingerprint density at radius 2 is 2.14 bits per heavy atom. The van der Waals surface area contributed by atoms with Crippen LogP contribution < -0.4 is 5.73 Å². The van der Waals surface area contributed by atoms with Gasteiger partial charge in [0.05, 0.1) is 6.61 Å². The Hall–Kier alpha value is -0.610. The van der Waals surface area contributed by atoms with Gasteiger partial charge in [0.2, 0.25) is 0 Å². The molecule has 0 aliphatic carbocycles. The van der Waals surface area contributed by atoms with Gasteiger partial charge in [0.1, 0.15) is 6.04 Å².